The second kappa shape index (κ2) is 9.82. The number of aliphatic carboxylic acids is 1. The fourth-order valence-electron chi connectivity index (χ4n) is 2.54. The Morgan fingerprint density at radius 3 is 2.60 bits per heavy atom. The molecule has 0 saturated carbocycles. The Labute approximate surface area is 186 Å². The van der Waals surface area contributed by atoms with Crippen molar-refractivity contribution in [1.29, 1.82) is 0 Å². The highest BCUT2D eigenvalue weighted by Gasteiger charge is 2.24. The molecule has 0 aromatic heterocycles. The lowest BCUT2D eigenvalue weighted by molar-refractivity contribution is -0.139. The van der Waals surface area contributed by atoms with E-state index in [1.54, 1.807) is 18.2 Å². The molecular weight excluding hydrogens is 472 g/mol. The molecule has 0 radical (unpaired) electrons. The number of thioether (sulfide) groups is 1. The molecule has 3 rings (SSSR count). The van der Waals surface area contributed by atoms with Crippen LogP contribution < -0.4 is 14.8 Å². The van der Waals surface area contributed by atoms with E-state index >= 15 is 0 Å². The number of aliphatic imine (C=N–C) groups is 1. The first kappa shape index (κ1) is 21.9. The van der Waals surface area contributed by atoms with E-state index in [0.717, 1.165) is 11.3 Å². The van der Waals surface area contributed by atoms with Gasteiger partial charge in [0.1, 0.15) is 0 Å². The maximum atomic E-state index is 12.4. The average molecular weight is 491 g/mol. The van der Waals surface area contributed by atoms with Crippen LogP contribution in [0.3, 0.4) is 0 Å². The van der Waals surface area contributed by atoms with E-state index in [1.807, 2.05) is 38.1 Å². The molecule has 2 aromatic carbocycles. The molecule has 1 heterocycles. The number of carboxylic acid groups (broad SMARTS) is 1. The standard InChI is InChI=1S/C21H19BrN2O5S/c1-3-28-16-8-13(15(22)10-17(16)29-11-19(25)26)9-18-20(27)24-21(30-18)23-14-6-4-12(2)5-7-14/h4-10H,3,11H2,1-2H3,(H,25,26)(H,23,24,27)/b18-9-. The van der Waals surface area contributed by atoms with E-state index in [0.29, 0.717) is 38.2 Å². The van der Waals surface area contributed by atoms with Gasteiger partial charge in [-0.25, -0.2) is 9.79 Å². The normalized spacial score (nSPS) is 16.0. The van der Waals surface area contributed by atoms with Crippen LogP contribution in [0.5, 0.6) is 11.5 Å². The Balaban J connectivity index is 1.86. The van der Waals surface area contributed by atoms with Crippen molar-refractivity contribution in [3.63, 3.8) is 0 Å². The van der Waals surface area contributed by atoms with Crippen LogP contribution in [0.15, 0.2) is 50.8 Å². The van der Waals surface area contributed by atoms with Gasteiger partial charge in [0.15, 0.2) is 23.3 Å². The number of hydrogen-bond donors (Lipinski definition) is 2. The van der Waals surface area contributed by atoms with Gasteiger partial charge in [-0.2, -0.15) is 0 Å². The second-order valence-electron chi connectivity index (χ2n) is 6.25. The number of halogens is 1. The number of nitrogens with one attached hydrogen (secondary N) is 1. The van der Waals surface area contributed by atoms with Crippen LogP contribution in [0.4, 0.5) is 5.69 Å². The van der Waals surface area contributed by atoms with Crippen LogP contribution >= 0.6 is 27.7 Å². The number of hydrogen-bond acceptors (Lipinski definition) is 6. The molecule has 2 aromatic rings. The van der Waals surface area contributed by atoms with Crippen LogP contribution in [0.1, 0.15) is 18.1 Å². The van der Waals surface area contributed by atoms with Crippen molar-refractivity contribution in [2.24, 2.45) is 4.99 Å². The van der Waals surface area contributed by atoms with Crippen molar-refractivity contribution in [3.8, 4) is 11.5 Å². The predicted octanol–water partition coefficient (Wildman–Crippen LogP) is 4.51. The summed E-state index contributed by atoms with van der Waals surface area (Å²) in [5, 5.41) is 12.1. The van der Waals surface area contributed by atoms with Crippen LogP contribution in [-0.2, 0) is 9.59 Å². The van der Waals surface area contributed by atoms with Crippen molar-refractivity contribution < 1.29 is 24.2 Å². The van der Waals surface area contributed by atoms with Gasteiger partial charge in [-0.1, -0.05) is 33.6 Å². The molecule has 0 unspecified atom stereocenters. The van der Waals surface area contributed by atoms with Crippen LogP contribution in [0, 0.1) is 6.92 Å². The van der Waals surface area contributed by atoms with Crippen molar-refractivity contribution in [3.05, 3.63) is 56.9 Å². The summed E-state index contributed by atoms with van der Waals surface area (Å²) in [6, 6.07) is 11.0. The van der Waals surface area contributed by atoms with Gasteiger partial charge in [-0.3, -0.25) is 4.79 Å². The van der Waals surface area contributed by atoms with Gasteiger partial charge in [0.05, 0.1) is 17.2 Å². The monoisotopic (exact) mass is 490 g/mol. The highest BCUT2D eigenvalue weighted by Crippen LogP contribution is 2.37. The minimum absolute atomic E-state index is 0.248. The molecule has 1 aliphatic rings. The summed E-state index contributed by atoms with van der Waals surface area (Å²) < 4.78 is 11.5. The molecule has 2 N–H and O–H groups in total. The van der Waals surface area contributed by atoms with Gasteiger partial charge in [-0.15, -0.1) is 0 Å². The number of amides is 1. The van der Waals surface area contributed by atoms with Gasteiger partial charge in [0.2, 0.25) is 0 Å². The Kier molecular flexibility index (Phi) is 7.17. The smallest absolute Gasteiger partial charge is 0.341 e. The lowest BCUT2D eigenvalue weighted by Crippen LogP contribution is -2.19. The first-order valence-electron chi connectivity index (χ1n) is 9.03. The third-order valence-electron chi connectivity index (χ3n) is 3.92. The number of amidine groups is 1. The van der Waals surface area contributed by atoms with E-state index in [2.05, 4.69) is 26.2 Å². The Morgan fingerprint density at radius 1 is 1.23 bits per heavy atom. The lowest BCUT2D eigenvalue weighted by atomic mass is 10.2. The summed E-state index contributed by atoms with van der Waals surface area (Å²) in [5.74, 6) is -0.634. The topological polar surface area (TPSA) is 97.2 Å². The summed E-state index contributed by atoms with van der Waals surface area (Å²) in [6.07, 6.45) is 1.71. The first-order valence-corrected chi connectivity index (χ1v) is 10.6. The third kappa shape index (κ3) is 5.64. The Bertz CT molecular complexity index is 1030. The summed E-state index contributed by atoms with van der Waals surface area (Å²) >= 11 is 4.68. The van der Waals surface area contributed by atoms with Crippen LogP contribution in [-0.4, -0.2) is 35.4 Å². The molecule has 7 nitrogen and oxygen atoms in total. The summed E-state index contributed by atoms with van der Waals surface area (Å²) in [7, 11) is 0. The molecule has 0 bridgehead atoms. The van der Waals surface area contributed by atoms with Crippen LogP contribution in [0.25, 0.3) is 6.08 Å². The minimum Gasteiger partial charge on any atom is -0.490 e. The van der Waals surface area contributed by atoms with Crippen molar-refractivity contribution >= 4 is 56.5 Å². The second-order valence-corrected chi connectivity index (χ2v) is 8.14. The number of carboxylic acids is 1. The number of ether oxygens (including phenoxy) is 2. The summed E-state index contributed by atoms with van der Waals surface area (Å²) in [5.41, 5.74) is 2.58. The van der Waals surface area contributed by atoms with Gasteiger partial charge in [0, 0.05) is 4.47 Å². The third-order valence-corrected chi connectivity index (χ3v) is 5.51. The lowest BCUT2D eigenvalue weighted by Gasteiger charge is -2.13. The number of carbonyl (C=O) groups is 2. The minimum atomic E-state index is -1.08. The fourth-order valence-corrected chi connectivity index (χ4v) is 3.81. The molecule has 1 fully saturated rings. The number of nitrogens with zero attached hydrogens (tertiary/aromatic N) is 1. The molecule has 1 aliphatic heterocycles. The zero-order valence-corrected chi connectivity index (χ0v) is 18.7. The Morgan fingerprint density at radius 2 is 1.93 bits per heavy atom. The van der Waals surface area contributed by atoms with E-state index in [-0.39, 0.29) is 5.91 Å². The molecule has 156 valence electrons. The molecule has 1 amide bonds. The molecule has 0 spiro atoms. The van der Waals surface area contributed by atoms with Crippen molar-refractivity contribution in [1.82, 2.24) is 5.32 Å². The maximum Gasteiger partial charge on any atom is 0.341 e. The molecule has 9 heteroatoms. The summed E-state index contributed by atoms with van der Waals surface area (Å²) in [4.78, 5) is 28.1. The fraction of sp³-hybridized carbons (Fsp3) is 0.190. The van der Waals surface area contributed by atoms with E-state index in [4.69, 9.17) is 14.6 Å². The molecule has 1 saturated heterocycles. The van der Waals surface area contributed by atoms with Crippen molar-refractivity contribution in [2.75, 3.05) is 13.2 Å². The highest BCUT2D eigenvalue weighted by atomic mass is 79.9. The van der Waals surface area contributed by atoms with Crippen LogP contribution in [0.2, 0.25) is 0 Å². The predicted molar refractivity (Wildman–Crippen MR) is 120 cm³/mol. The van der Waals surface area contributed by atoms with E-state index in [1.165, 1.54) is 11.8 Å². The number of rotatable bonds is 7. The average Bonchev–Trinajstić information content (AvgIpc) is 3.03. The van der Waals surface area contributed by atoms with Gasteiger partial charge in [0.25, 0.3) is 5.91 Å². The SMILES string of the molecule is CCOc1cc(/C=C2\SC(=Nc3ccc(C)cc3)NC2=O)c(Br)cc1OCC(=O)O. The maximum absolute atomic E-state index is 12.4. The van der Waals surface area contributed by atoms with E-state index in [9.17, 15) is 9.59 Å². The number of aryl methyl sites for hydroxylation is 1. The van der Waals surface area contributed by atoms with Gasteiger partial charge >= 0.3 is 5.97 Å². The number of benzene rings is 2. The van der Waals surface area contributed by atoms with Crippen molar-refractivity contribution in [2.45, 2.75) is 13.8 Å². The van der Waals surface area contributed by atoms with E-state index < -0.39 is 12.6 Å². The zero-order chi connectivity index (χ0) is 21.7. The molecule has 0 aliphatic carbocycles. The largest absolute Gasteiger partial charge is 0.490 e. The number of carbonyl (C=O) groups excluding carboxylic acids is 1. The van der Waals surface area contributed by atoms with Gasteiger partial charge < -0.3 is 19.9 Å². The molecule has 0 atom stereocenters. The summed E-state index contributed by atoms with van der Waals surface area (Å²) in [6.45, 7) is 3.71. The quantitative estimate of drug-likeness (QED) is 0.554. The van der Waals surface area contributed by atoms with Gasteiger partial charge in [-0.05, 0) is 61.5 Å². The Hall–Kier alpha value is -2.78. The first-order chi connectivity index (χ1) is 14.4. The zero-order valence-electron chi connectivity index (χ0n) is 16.3. The highest BCUT2D eigenvalue weighted by molar-refractivity contribution is 9.10. The molecular formula is C21H19BrN2O5S. The molecule has 30 heavy (non-hydrogen) atoms.